The Kier molecular flexibility index (Phi) is 2.67. The zero-order valence-corrected chi connectivity index (χ0v) is 8.58. The van der Waals surface area contributed by atoms with E-state index in [9.17, 15) is 4.79 Å². The summed E-state index contributed by atoms with van der Waals surface area (Å²) in [6.07, 6.45) is 8.80. The largest absolute Gasteiger partial charge is 0.367 e. The maximum absolute atomic E-state index is 11.0. The average Bonchev–Trinajstić information content (AvgIpc) is 2.72. The van der Waals surface area contributed by atoms with E-state index in [1.54, 1.807) is 6.20 Å². The molecule has 0 atom stereocenters. The van der Waals surface area contributed by atoms with Crippen molar-refractivity contribution in [2.45, 2.75) is 13.3 Å². The van der Waals surface area contributed by atoms with Crippen LogP contribution in [-0.2, 0) is 0 Å². The van der Waals surface area contributed by atoms with Gasteiger partial charge in [-0.1, -0.05) is 18.2 Å². The van der Waals surface area contributed by atoms with E-state index in [-0.39, 0.29) is 5.69 Å². The maximum Gasteiger partial charge on any atom is 0.346 e. The van der Waals surface area contributed by atoms with Crippen molar-refractivity contribution in [3.8, 4) is 0 Å². The van der Waals surface area contributed by atoms with Crippen LogP contribution in [0, 0.1) is 6.92 Å². The van der Waals surface area contributed by atoms with Gasteiger partial charge in [-0.15, -0.1) is 0 Å². The van der Waals surface area contributed by atoms with Crippen molar-refractivity contribution in [1.29, 1.82) is 0 Å². The summed E-state index contributed by atoms with van der Waals surface area (Å²) in [5, 5.41) is 3.19. The summed E-state index contributed by atoms with van der Waals surface area (Å²) in [7, 11) is 0. The van der Waals surface area contributed by atoms with Crippen LogP contribution in [-0.4, -0.2) is 16.5 Å². The van der Waals surface area contributed by atoms with Crippen LogP contribution in [0.3, 0.4) is 0 Å². The van der Waals surface area contributed by atoms with Gasteiger partial charge in [-0.25, -0.2) is 9.78 Å². The monoisotopic (exact) mass is 203 g/mol. The Bertz CT molecular complexity index is 471. The Balaban J connectivity index is 2.04. The van der Waals surface area contributed by atoms with Gasteiger partial charge < -0.3 is 5.32 Å². The Labute approximate surface area is 87.8 Å². The van der Waals surface area contributed by atoms with Gasteiger partial charge in [0.1, 0.15) is 5.82 Å². The molecule has 0 aromatic carbocycles. The van der Waals surface area contributed by atoms with Crippen molar-refractivity contribution in [1.82, 2.24) is 9.97 Å². The van der Waals surface area contributed by atoms with E-state index in [2.05, 4.69) is 27.4 Å². The summed E-state index contributed by atoms with van der Waals surface area (Å²) in [4.78, 5) is 17.3. The lowest BCUT2D eigenvalue weighted by atomic mass is 10.2. The van der Waals surface area contributed by atoms with Crippen LogP contribution >= 0.6 is 0 Å². The lowest BCUT2D eigenvalue weighted by molar-refractivity contribution is 1.02. The van der Waals surface area contributed by atoms with Gasteiger partial charge in [0.25, 0.3) is 0 Å². The minimum absolute atomic E-state index is 0.318. The molecule has 0 aliphatic heterocycles. The molecule has 1 aliphatic rings. The molecule has 15 heavy (non-hydrogen) atoms. The second-order valence-electron chi connectivity index (χ2n) is 3.56. The van der Waals surface area contributed by atoms with E-state index in [1.165, 1.54) is 5.57 Å². The number of anilines is 1. The molecule has 0 radical (unpaired) electrons. The highest BCUT2D eigenvalue weighted by Crippen LogP contribution is 2.12. The number of hydrogen-bond donors (Lipinski definition) is 2. The topological polar surface area (TPSA) is 57.8 Å². The van der Waals surface area contributed by atoms with Gasteiger partial charge in [0.05, 0.1) is 0 Å². The SMILES string of the molecule is Cc1cnc(=O)[nH]c1NCC1=CC=CC1. The van der Waals surface area contributed by atoms with Crippen LogP contribution in [0.5, 0.6) is 0 Å². The van der Waals surface area contributed by atoms with Crippen LogP contribution in [0.4, 0.5) is 5.82 Å². The summed E-state index contributed by atoms with van der Waals surface area (Å²) in [6.45, 7) is 2.67. The van der Waals surface area contributed by atoms with Crippen LogP contribution in [0.1, 0.15) is 12.0 Å². The molecule has 0 bridgehead atoms. The van der Waals surface area contributed by atoms with E-state index in [1.807, 2.05) is 13.0 Å². The first-order valence-corrected chi connectivity index (χ1v) is 4.90. The highest BCUT2D eigenvalue weighted by Gasteiger charge is 2.02. The molecular weight excluding hydrogens is 190 g/mol. The molecule has 0 fully saturated rings. The van der Waals surface area contributed by atoms with Gasteiger partial charge in [0.2, 0.25) is 0 Å². The third kappa shape index (κ3) is 2.34. The third-order valence-electron chi connectivity index (χ3n) is 2.34. The molecule has 0 saturated heterocycles. The van der Waals surface area contributed by atoms with Gasteiger partial charge in [-0.05, 0) is 18.9 Å². The van der Waals surface area contributed by atoms with Gasteiger partial charge in [0, 0.05) is 18.3 Å². The first-order chi connectivity index (χ1) is 7.25. The number of hydrogen-bond acceptors (Lipinski definition) is 3. The minimum atomic E-state index is -0.318. The Morgan fingerprint density at radius 2 is 2.47 bits per heavy atom. The van der Waals surface area contributed by atoms with Crippen molar-refractivity contribution < 1.29 is 0 Å². The number of nitrogens with one attached hydrogen (secondary N) is 2. The summed E-state index contributed by atoms with van der Waals surface area (Å²) in [5.74, 6) is 0.753. The summed E-state index contributed by atoms with van der Waals surface area (Å²) >= 11 is 0. The van der Waals surface area contributed by atoms with E-state index in [0.717, 1.165) is 24.3 Å². The van der Waals surface area contributed by atoms with Crippen molar-refractivity contribution in [3.05, 3.63) is 46.0 Å². The molecule has 0 spiro atoms. The van der Waals surface area contributed by atoms with Crippen LogP contribution in [0.2, 0.25) is 0 Å². The van der Waals surface area contributed by atoms with Crippen molar-refractivity contribution in [3.63, 3.8) is 0 Å². The molecule has 2 rings (SSSR count). The zero-order chi connectivity index (χ0) is 10.7. The van der Waals surface area contributed by atoms with E-state index >= 15 is 0 Å². The standard InChI is InChI=1S/C11H13N3O/c1-8-6-13-11(15)14-10(8)12-7-9-4-2-3-5-9/h2-4,6H,5,7H2,1H3,(H2,12,13,14,15). The third-order valence-corrected chi connectivity index (χ3v) is 2.34. The molecule has 2 N–H and O–H groups in total. The number of allylic oxidation sites excluding steroid dienone is 3. The van der Waals surface area contributed by atoms with Crippen molar-refractivity contribution >= 4 is 5.82 Å². The Morgan fingerprint density at radius 1 is 1.60 bits per heavy atom. The van der Waals surface area contributed by atoms with E-state index in [0.29, 0.717) is 0 Å². The number of aryl methyl sites for hydroxylation is 1. The molecule has 0 unspecified atom stereocenters. The molecule has 1 aliphatic carbocycles. The Hall–Kier alpha value is -1.84. The summed E-state index contributed by atoms with van der Waals surface area (Å²) in [6, 6.07) is 0. The number of nitrogens with zero attached hydrogens (tertiary/aromatic N) is 1. The van der Waals surface area contributed by atoms with Crippen LogP contribution in [0.25, 0.3) is 0 Å². The van der Waals surface area contributed by atoms with E-state index in [4.69, 9.17) is 0 Å². The predicted octanol–water partition coefficient (Wildman–Crippen LogP) is 1.38. The van der Waals surface area contributed by atoms with Gasteiger partial charge in [-0.2, -0.15) is 0 Å². The second-order valence-corrected chi connectivity index (χ2v) is 3.56. The number of rotatable bonds is 3. The molecule has 1 aromatic heterocycles. The van der Waals surface area contributed by atoms with Crippen LogP contribution < -0.4 is 11.0 Å². The highest BCUT2D eigenvalue weighted by molar-refractivity contribution is 5.43. The first-order valence-electron chi connectivity index (χ1n) is 4.90. The minimum Gasteiger partial charge on any atom is -0.367 e. The van der Waals surface area contributed by atoms with Crippen molar-refractivity contribution in [2.24, 2.45) is 0 Å². The fourth-order valence-electron chi connectivity index (χ4n) is 1.47. The normalized spacial score (nSPS) is 14.1. The molecular formula is C11H13N3O. The fraction of sp³-hybridized carbons (Fsp3) is 0.273. The van der Waals surface area contributed by atoms with Crippen molar-refractivity contribution in [2.75, 3.05) is 11.9 Å². The zero-order valence-electron chi connectivity index (χ0n) is 8.58. The highest BCUT2D eigenvalue weighted by atomic mass is 16.1. The number of aromatic amines is 1. The lowest BCUT2D eigenvalue weighted by Gasteiger charge is -2.08. The van der Waals surface area contributed by atoms with Gasteiger partial charge in [-0.3, -0.25) is 4.98 Å². The number of H-pyrrole nitrogens is 1. The molecule has 4 heteroatoms. The first kappa shape index (κ1) is 9.71. The molecule has 0 saturated carbocycles. The van der Waals surface area contributed by atoms with Gasteiger partial charge in [0.15, 0.2) is 0 Å². The van der Waals surface area contributed by atoms with Gasteiger partial charge >= 0.3 is 5.69 Å². The molecule has 4 nitrogen and oxygen atoms in total. The Morgan fingerprint density at radius 3 is 3.20 bits per heavy atom. The molecule has 1 heterocycles. The molecule has 1 aromatic rings. The lowest BCUT2D eigenvalue weighted by Crippen LogP contribution is -2.15. The molecule has 0 amide bonds. The quantitative estimate of drug-likeness (QED) is 0.780. The summed E-state index contributed by atoms with van der Waals surface area (Å²) in [5.41, 5.74) is 1.94. The molecule has 78 valence electrons. The smallest absolute Gasteiger partial charge is 0.346 e. The number of aromatic nitrogens is 2. The summed E-state index contributed by atoms with van der Waals surface area (Å²) < 4.78 is 0. The fourth-order valence-corrected chi connectivity index (χ4v) is 1.47. The second kappa shape index (κ2) is 4.13. The predicted molar refractivity (Wildman–Crippen MR) is 59.9 cm³/mol. The van der Waals surface area contributed by atoms with Crippen LogP contribution in [0.15, 0.2) is 34.8 Å². The maximum atomic E-state index is 11.0. The van der Waals surface area contributed by atoms with E-state index < -0.39 is 0 Å². The average molecular weight is 203 g/mol.